The van der Waals surface area contributed by atoms with Gasteiger partial charge in [-0.25, -0.2) is 4.79 Å². The van der Waals surface area contributed by atoms with Gasteiger partial charge in [-0.2, -0.15) is 0 Å². The number of esters is 1. The maximum Gasteiger partial charge on any atom is 0.343 e. The van der Waals surface area contributed by atoms with E-state index in [0.717, 1.165) is 0 Å². The van der Waals surface area contributed by atoms with Crippen molar-refractivity contribution in [3.63, 3.8) is 0 Å². The van der Waals surface area contributed by atoms with Crippen molar-refractivity contribution < 1.29 is 9.53 Å². The molecular formula is C12H10N4O3. The topological polar surface area (TPSA) is 96.5 Å². The summed E-state index contributed by atoms with van der Waals surface area (Å²) in [4.78, 5) is 26.3. The Hall–Kier alpha value is -2.79. The Bertz CT molecular complexity index is 744. The van der Waals surface area contributed by atoms with Crippen LogP contribution in [0.3, 0.4) is 0 Å². The van der Waals surface area contributed by atoms with Crippen molar-refractivity contribution in [2.75, 3.05) is 6.61 Å². The lowest BCUT2D eigenvalue weighted by molar-refractivity contribution is 0.0524. The number of hydrogen-bond acceptors (Lipinski definition) is 4. The zero-order valence-electron chi connectivity index (χ0n) is 10.1. The van der Waals surface area contributed by atoms with Gasteiger partial charge in [-0.1, -0.05) is 5.11 Å². The van der Waals surface area contributed by atoms with Crippen LogP contribution in [0.1, 0.15) is 17.3 Å². The molecule has 2 rings (SSSR count). The SMILES string of the molecule is CCOC(=O)c1ccc2cc(N=[N+]=[N-])ccn2c1=O. The summed E-state index contributed by atoms with van der Waals surface area (Å²) in [6.45, 7) is 1.87. The molecule has 96 valence electrons. The molecule has 0 saturated carbocycles. The molecule has 0 atom stereocenters. The number of carbonyl (C=O) groups excluding carboxylic acids is 1. The number of hydrogen-bond donors (Lipinski definition) is 0. The van der Waals surface area contributed by atoms with Crippen molar-refractivity contribution >= 4 is 17.2 Å². The Morgan fingerprint density at radius 1 is 1.47 bits per heavy atom. The van der Waals surface area contributed by atoms with Crippen LogP contribution in [0.25, 0.3) is 16.0 Å². The van der Waals surface area contributed by atoms with Gasteiger partial charge in [0.15, 0.2) is 0 Å². The zero-order valence-corrected chi connectivity index (χ0v) is 10.1. The first-order valence-electron chi connectivity index (χ1n) is 5.55. The van der Waals surface area contributed by atoms with Gasteiger partial charge in [0.1, 0.15) is 5.56 Å². The predicted molar refractivity (Wildman–Crippen MR) is 68.4 cm³/mol. The van der Waals surface area contributed by atoms with Crippen LogP contribution in [0.4, 0.5) is 5.69 Å². The standard InChI is InChI=1S/C12H10N4O3/c1-2-19-12(18)10-4-3-9-7-8(14-15-13)5-6-16(9)11(10)17/h3-7H,2H2,1H3. The molecule has 0 radical (unpaired) electrons. The van der Waals surface area contributed by atoms with E-state index in [-0.39, 0.29) is 12.2 Å². The average molecular weight is 258 g/mol. The molecule has 2 aromatic rings. The van der Waals surface area contributed by atoms with E-state index in [0.29, 0.717) is 11.2 Å². The molecule has 7 nitrogen and oxygen atoms in total. The second kappa shape index (κ2) is 5.24. The van der Waals surface area contributed by atoms with Crippen molar-refractivity contribution in [2.24, 2.45) is 5.11 Å². The van der Waals surface area contributed by atoms with Crippen molar-refractivity contribution in [1.82, 2.24) is 4.40 Å². The summed E-state index contributed by atoms with van der Waals surface area (Å²) in [5, 5.41) is 3.45. The number of pyridine rings is 2. The van der Waals surface area contributed by atoms with Gasteiger partial charge >= 0.3 is 5.97 Å². The molecule has 0 saturated heterocycles. The number of fused-ring (bicyclic) bond motifs is 1. The van der Waals surface area contributed by atoms with Crippen LogP contribution in [0, 0.1) is 0 Å². The Morgan fingerprint density at radius 2 is 2.26 bits per heavy atom. The molecule has 2 aromatic heterocycles. The smallest absolute Gasteiger partial charge is 0.343 e. The van der Waals surface area contributed by atoms with Crippen LogP contribution >= 0.6 is 0 Å². The van der Waals surface area contributed by atoms with Crippen molar-refractivity contribution in [3.8, 4) is 0 Å². The maximum atomic E-state index is 12.1. The molecule has 0 N–H and O–H groups in total. The Kier molecular flexibility index (Phi) is 3.49. The predicted octanol–water partition coefficient (Wildman–Crippen LogP) is 2.42. The van der Waals surface area contributed by atoms with Gasteiger partial charge in [0, 0.05) is 22.3 Å². The summed E-state index contributed by atoms with van der Waals surface area (Å²) < 4.78 is 6.10. The normalized spacial score (nSPS) is 9.95. The third kappa shape index (κ3) is 2.41. The lowest BCUT2D eigenvalue weighted by Gasteiger charge is -2.05. The first kappa shape index (κ1) is 12.7. The van der Waals surface area contributed by atoms with E-state index in [1.54, 1.807) is 19.1 Å². The summed E-state index contributed by atoms with van der Waals surface area (Å²) in [5.74, 6) is -0.652. The lowest BCUT2D eigenvalue weighted by Crippen LogP contribution is -2.23. The quantitative estimate of drug-likeness (QED) is 0.366. The molecule has 0 unspecified atom stereocenters. The first-order chi connectivity index (χ1) is 9.17. The van der Waals surface area contributed by atoms with Gasteiger partial charge in [0.2, 0.25) is 0 Å². The summed E-state index contributed by atoms with van der Waals surface area (Å²) >= 11 is 0. The van der Waals surface area contributed by atoms with Crippen LogP contribution in [0.2, 0.25) is 0 Å². The molecule has 19 heavy (non-hydrogen) atoms. The highest BCUT2D eigenvalue weighted by molar-refractivity contribution is 5.89. The van der Waals surface area contributed by atoms with Crippen LogP contribution in [-0.2, 0) is 4.74 Å². The summed E-state index contributed by atoms with van der Waals surface area (Å²) in [6.07, 6.45) is 1.45. The second-order valence-electron chi connectivity index (χ2n) is 3.64. The van der Waals surface area contributed by atoms with E-state index in [2.05, 4.69) is 10.0 Å². The fraction of sp³-hybridized carbons (Fsp3) is 0.167. The molecule has 0 amide bonds. The van der Waals surface area contributed by atoms with Crippen LogP contribution < -0.4 is 5.56 Å². The number of aromatic nitrogens is 1. The van der Waals surface area contributed by atoms with E-state index >= 15 is 0 Å². The number of nitrogens with zero attached hydrogens (tertiary/aromatic N) is 4. The van der Waals surface area contributed by atoms with Crippen LogP contribution in [0.5, 0.6) is 0 Å². The number of azide groups is 1. The Balaban J connectivity index is 2.60. The van der Waals surface area contributed by atoms with Gasteiger partial charge in [-0.05, 0) is 36.7 Å². The molecule has 2 heterocycles. The summed E-state index contributed by atoms with van der Waals surface area (Å²) in [5.41, 5.74) is 8.78. The highest BCUT2D eigenvalue weighted by Crippen LogP contribution is 2.14. The van der Waals surface area contributed by atoms with Crippen molar-refractivity contribution in [2.45, 2.75) is 6.92 Å². The minimum Gasteiger partial charge on any atom is -0.462 e. The molecule has 0 aromatic carbocycles. The van der Waals surface area contributed by atoms with E-state index < -0.39 is 11.5 Å². The minimum atomic E-state index is -0.652. The highest BCUT2D eigenvalue weighted by Gasteiger charge is 2.12. The molecule has 0 spiro atoms. The Labute approximate surface area is 107 Å². The molecule has 0 aliphatic rings. The number of ether oxygens (including phenoxy) is 1. The van der Waals surface area contributed by atoms with E-state index in [1.165, 1.54) is 22.7 Å². The molecular weight excluding hydrogens is 248 g/mol. The molecule has 7 heteroatoms. The van der Waals surface area contributed by atoms with Crippen molar-refractivity contribution in [3.05, 3.63) is 56.8 Å². The first-order valence-corrected chi connectivity index (χ1v) is 5.55. The van der Waals surface area contributed by atoms with Gasteiger partial charge in [-0.3, -0.25) is 9.20 Å². The van der Waals surface area contributed by atoms with Crippen LogP contribution in [-0.4, -0.2) is 17.0 Å². The second-order valence-corrected chi connectivity index (χ2v) is 3.64. The third-order valence-electron chi connectivity index (χ3n) is 2.49. The third-order valence-corrected chi connectivity index (χ3v) is 2.49. The minimum absolute atomic E-state index is 0.0316. The van der Waals surface area contributed by atoms with Gasteiger partial charge < -0.3 is 4.74 Å². The summed E-state index contributed by atoms with van der Waals surface area (Å²) in [7, 11) is 0. The number of carbonyl (C=O) groups is 1. The average Bonchev–Trinajstić information content (AvgIpc) is 2.39. The highest BCUT2D eigenvalue weighted by atomic mass is 16.5. The molecule has 0 fully saturated rings. The van der Waals surface area contributed by atoms with Gasteiger partial charge in [0.25, 0.3) is 5.56 Å². The summed E-state index contributed by atoms with van der Waals surface area (Å²) in [6, 6.07) is 6.03. The fourth-order valence-electron chi connectivity index (χ4n) is 1.67. The van der Waals surface area contributed by atoms with Gasteiger partial charge in [-0.15, -0.1) is 0 Å². The molecule has 0 bridgehead atoms. The Morgan fingerprint density at radius 3 is 2.95 bits per heavy atom. The maximum absolute atomic E-state index is 12.1. The van der Waals surface area contributed by atoms with Gasteiger partial charge in [0.05, 0.1) is 6.61 Å². The van der Waals surface area contributed by atoms with E-state index in [4.69, 9.17) is 10.3 Å². The van der Waals surface area contributed by atoms with E-state index in [1.807, 2.05) is 0 Å². The number of rotatable bonds is 3. The molecule has 0 aliphatic carbocycles. The largest absolute Gasteiger partial charge is 0.462 e. The molecule has 0 aliphatic heterocycles. The van der Waals surface area contributed by atoms with Crippen LogP contribution in [0.15, 0.2) is 40.4 Å². The monoisotopic (exact) mass is 258 g/mol. The fourth-order valence-corrected chi connectivity index (χ4v) is 1.67. The van der Waals surface area contributed by atoms with E-state index in [9.17, 15) is 9.59 Å². The zero-order chi connectivity index (χ0) is 13.8. The van der Waals surface area contributed by atoms with Crippen molar-refractivity contribution in [1.29, 1.82) is 0 Å². The lowest BCUT2D eigenvalue weighted by atomic mass is 10.2.